The molecule has 0 radical (unpaired) electrons. The molecule has 0 spiro atoms. The largest absolute Gasteiger partial charge is 0.493 e. The lowest BCUT2D eigenvalue weighted by molar-refractivity contribution is -0.122. The third-order valence-corrected chi connectivity index (χ3v) is 7.58. The van der Waals surface area contributed by atoms with Crippen LogP contribution in [0.4, 0.5) is 5.69 Å². The van der Waals surface area contributed by atoms with Gasteiger partial charge in [-0.1, -0.05) is 83.9 Å². The summed E-state index contributed by atoms with van der Waals surface area (Å²) in [6.45, 7) is 5.11. The average Bonchev–Trinajstić information content (AvgIpc) is 3.25. The number of aryl methyl sites for hydroxylation is 2. The third kappa shape index (κ3) is 6.82. The molecule has 0 unspecified atom stereocenters. The SMILES string of the molecule is COc1cc(/C=C2/SC(=Nc3ccc(C)cc3)N(CCc3ccccc3)C2=O)ccc1OCc1cccc(C)c1. The molecule has 5 nitrogen and oxygen atoms in total. The Morgan fingerprint density at radius 1 is 0.825 bits per heavy atom. The summed E-state index contributed by atoms with van der Waals surface area (Å²) in [5.41, 5.74) is 6.31. The van der Waals surface area contributed by atoms with Crippen LogP contribution in [0.2, 0.25) is 0 Å². The Morgan fingerprint density at radius 2 is 1.60 bits per heavy atom. The zero-order valence-electron chi connectivity index (χ0n) is 23.0. The van der Waals surface area contributed by atoms with Crippen molar-refractivity contribution in [1.82, 2.24) is 4.90 Å². The molecule has 0 saturated carbocycles. The minimum Gasteiger partial charge on any atom is -0.493 e. The fraction of sp³-hybridized carbons (Fsp3) is 0.176. The monoisotopic (exact) mass is 548 g/mol. The van der Waals surface area contributed by atoms with Gasteiger partial charge < -0.3 is 9.47 Å². The van der Waals surface area contributed by atoms with Gasteiger partial charge in [0.15, 0.2) is 16.7 Å². The van der Waals surface area contributed by atoms with Gasteiger partial charge >= 0.3 is 0 Å². The molecule has 202 valence electrons. The summed E-state index contributed by atoms with van der Waals surface area (Å²) in [6, 6.07) is 32.2. The quantitative estimate of drug-likeness (QED) is 0.201. The number of hydrogen-bond donors (Lipinski definition) is 0. The van der Waals surface area contributed by atoms with E-state index in [9.17, 15) is 4.79 Å². The van der Waals surface area contributed by atoms with E-state index in [2.05, 4.69) is 31.2 Å². The predicted octanol–water partition coefficient (Wildman–Crippen LogP) is 7.74. The van der Waals surface area contributed by atoms with E-state index in [1.54, 1.807) is 12.0 Å². The number of hydrogen-bond acceptors (Lipinski definition) is 5. The molecule has 5 rings (SSSR count). The first-order valence-corrected chi connectivity index (χ1v) is 14.1. The summed E-state index contributed by atoms with van der Waals surface area (Å²) in [7, 11) is 1.62. The van der Waals surface area contributed by atoms with Crippen molar-refractivity contribution in [3.63, 3.8) is 0 Å². The normalized spacial score (nSPS) is 15.2. The van der Waals surface area contributed by atoms with Crippen molar-refractivity contribution >= 4 is 34.6 Å². The first-order chi connectivity index (χ1) is 19.5. The number of thioether (sulfide) groups is 1. The summed E-state index contributed by atoms with van der Waals surface area (Å²) in [4.78, 5) is 20.8. The Balaban J connectivity index is 1.38. The molecule has 6 heteroatoms. The van der Waals surface area contributed by atoms with Crippen LogP contribution in [-0.4, -0.2) is 29.6 Å². The number of rotatable bonds is 9. The average molecular weight is 549 g/mol. The van der Waals surface area contributed by atoms with Gasteiger partial charge in [0, 0.05) is 6.54 Å². The molecule has 0 atom stereocenters. The summed E-state index contributed by atoms with van der Waals surface area (Å²) in [5.74, 6) is 1.22. The van der Waals surface area contributed by atoms with Gasteiger partial charge in [0.25, 0.3) is 5.91 Å². The molecular formula is C34H32N2O3S. The highest BCUT2D eigenvalue weighted by Gasteiger charge is 2.33. The fourth-order valence-corrected chi connectivity index (χ4v) is 5.44. The van der Waals surface area contributed by atoms with E-state index in [0.29, 0.717) is 34.7 Å². The highest BCUT2D eigenvalue weighted by Crippen LogP contribution is 2.36. The van der Waals surface area contributed by atoms with Crippen LogP contribution in [-0.2, 0) is 17.8 Å². The molecular weight excluding hydrogens is 516 g/mol. The molecule has 1 amide bonds. The first-order valence-electron chi connectivity index (χ1n) is 13.3. The van der Waals surface area contributed by atoms with Crippen molar-refractivity contribution in [2.45, 2.75) is 26.9 Å². The molecule has 4 aromatic carbocycles. The Bertz CT molecular complexity index is 1550. The number of amides is 1. The number of benzene rings is 4. The summed E-state index contributed by atoms with van der Waals surface area (Å²) in [6.07, 6.45) is 2.64. The summed E-state index contributed by atoms with van der Waals surface area (Å²) in [5, 5.41) is 0.682. The number of ether oxygens (including phenoxy) is 2. The molecule has 0 aliphatic carbocycles. The Morgan fingerprint density at radius 3 is 2.35 bits per heavy atom. The van der Waals surface area contributed by atoms with Crippen molar-refractivity contribution < 1.29 is 14.3 Å². The van der Waals surface area contributed by atoms with E-state index in [4.69, 9.17) is 14.5 Å². The van der Waals surface area contributed by atoms with E-state index in [0.717, 1.165) is 23.2 Å². The van der Waals surface area contributed by atoms with Crippen molar-refractivity contribution in [3.8, 4) is 11.5 Å². The molecule has 0 aromatic heterocycles. The Kier molecular flexibility index (Phi) is 8.67. The molecule has 1 aliphatic rings. The summed E-state index contributed by atoms with van der Waals surface area (Å²) >= 11 is 1.40. The van der Waals surface area contributed by atoms with Gasteiger partial charge in [0.05, 0.1) is 17.7 Å². The molecule has 40 heavy (non-hydrogen) atoms. The minimum atomic E-state index is -0.0504. The first kappa shape index (κ1) is 27.3. The summed E-state index contributed by atoms with van der Waals surface area (Å²) < 4.78 is 11.7. The lowest BCUT2D eigenvalue weighted by atomic mass is 10.1. The van der Waals surface area contributed by atoms with Crippen LogP contribution in [0.25, 0.3) is 6.08 Å². The van der Waals surface area contributed by atoms with Gasteiger partial charge in [-0.25, -0.2) is 4.99 Å². The second-order valence-electron chi connectivity index (χ2n) is 9.72. The number of carbonyl (C=O) groups excluding carboxylic acids is 1. The molecule has 1 heterocycles. The maximum atomic E-state index is 13.6. The number of methoxy groups -OCH3 is 1. The molecule has 0 bridgehead atoms. The zero-order valence-corrected chi connectivity index (χ0v) is 23.8. The number of nitrogens with zero attached hydrogens (tertiary/aromatic N) is 2. The van der Waals surface area contributed by atoms with Gasteiger partial charge in [-0.3, -0.25) is 9.69 Å². The second-order valence-corrected chi connectivity index (χ2v) is 10.7. The van der Waals surface area contributed by atoms with Crippen molar-refractivity contribution in [1.29, 1.82) is 0 Å². The number of amidine groups is 1. The highest BCUT2D eigenvalue weighted by atomic mass is 32.2. The van der Waals surface area contributed by atoms with Gasteiger partial charge in [0.2, 0.25) is 0 Å². The molecule has 4 aromatic rings. The van der Waals surface area contributed by atoms with Gasteiger partial charge in [-0.05, 0) is 79.1 Å². The van der Waals surface area contributed by atoms with Crippen molar-refractivity contribution in [3.05, 3.63) is 130 Å². The van der Waals surface area contributed by atoms with Crippen molar-refractivity contribution in [2.24, 2.45) is 4.99 Å². The Hall–Kier alpha value is -4.29. The Labute approximate surface area is 240 Å². The van der Waals surface area contributed by atoms with Gasteiger partial charge in [-0.2, -0.15) is 0 Å². The van der Waals surface area contributed by atoms with E-state index in [1.165, 1.54) is 28.5 Å². The molecule has 1 aliphatic heterocycles. The van der Waals surface area contributed by atoms with Crippen LogP contribution < -0.4 is 9.47 Å². The maximum absolute atomic E-state index is 13.6. The smallest absolute Gasteiger partial charge is 0.266 e. The van der Waals surface area contributed by atoms with E-state index < -0.39 is 0 Å². The zero-order chi connectivity index (χ0) is 27.9. The number of aliphatic imine (C=N–C) groups is 1. The fourth-order valence-electron chi connectivity index (χ4n) is 4.41. The van der Waals surface area contributed by atoms with Gasteiger partial charge in [0.1, 0.15) is 6.61 Å². The van der Waals surface area contributed by atoms with Crippen LogP contribution in [0.1, 0.15) is 27.8 Å². The molecule has 1 fully saturated rings. The van der Waals surface area contributed by atoms with Crippen LogP contribution in [0.5, 0.6) is 11.5 Å². The van der Waals surface area contributed by atoms with Gasteiger partial charge in [-0.15, -0.1) is 0 Å². The second kappa shape index (κ2) is 12.7. The van der Waals surface area contributed by atoms with Crippen molar-refractivity contribution in [2.75, 3.05) is 13.7 Å². The van der Waals surface area contributed by atoms with Crippen LogP contribution in [0.15, 0.2) is 107 Å². The third-order valence-electron chi connectivity index (χ3n) is 6.58. The van der Waals surface area contributed by atoms with Crippen LogP contribution >= 0.6 is 11.8 Å². The van der Waals surface area contributed by atoms with E-state index >= 15 is 0 Å². The lowest BCUT2D eigenvalue weighted by Gasteiger charge is -2.15. The lowest BCUT2D eigenvalue weighted by Crippen LogP contribution is -2.31. The predicted molar refractivity (Wildman–Crippen MR) is 164 cm³/mol. The van der Waals surface area contributed by atoms with E-state index in [1.807, 2.05) is 85.8 Å². The van der Waals surface area contributed by atoms with Crippen LogP contribution in [0, 0.1) is 13.8 Å². The highest BCUT2D eigenvalue weighted by molar-refractivity contribution is 8.18. The molecule has 0 N–H and O–H groups in total. The minimum absolute atomic E-state index is 0.0504. The molecule has 1 saturated heterocycles. The van der Waals surface area contributed by atoms with Crippen LogP contribution in [0.3, 0.4) is 0 Å². The standard InChI is InChI=1S/C34H32N2O3S/c1-24-12-15-29(16-13-24)35-34-36(19-18-26-9-5-4-6-10-26)33(37)32(40-34)22-27-14-17-30(31(21-27)38-3)39-23-28-11-7-8-25(2)20-28/h4-17,20-22H,18-19,23H2,1-3H3/b32-22+,35-34?. The number of carbonyl (C=O) groups is 1. The maximum Gasteiger partial charge on any atom is 0.266 e. The van der Waals surface area contributed by atoms with E-state index in [-0.39, 0.29) is 5.91 Å². The topological polar surface area (TPSA) is 51.1 Å².